The van der Waals surface area contributed by atoms with Crippen LogP contribution in [-0.4, -0.2) is 16.6 Å². The molecule has 0 bridgehead atoms. The second-order valence-corrected chi connectivity index (χ2v) is 3.65. The lowest BCUT2D eigenvalue weighted by atomic mass is 10.2. The molecule has 1 aromatic rings. The molecule has 0 saturated carbocycles. The maximum Gasteiger partial charge on any atom is 0.152 e. The number of aromatic nitrogens is 1. The molecule has 0 aliphatic carbocycles. The largest absolute Gasteiger partial charge is 0.871 e. The van der Waals surface area contributed by atoms with Gasteiger partial charge in [-0.2, -0.15) is 0 Å². The average Bonchev–Trinajstić information content (AvgIpc) is 2.27. The first-order chi connectivity index (χ1) is 8.40. The van der Waals surface area contributed by atoms with E-state index in [-0.39, 0.29) is 11.4 Å². The Morgan fingerprint density at radius 3 is 1.72 bits per heavy atom. The SMILES string of the molecule is CC(=O)/C=C(\[O-])c1cccc(/C([O-])=C/C(C)=O)n1. The van der Waals surface area contributed by atoms with Crippen molar-refractivity contribution in [2.24, 2.45) is 0 Å². The lowest BCUT2D eigenvalue weighted by Crippen LogP contribution is -2.10. The Hall–Kier alpha value is -2.43. The maximum absolute atomic E-state index is 11.5. The molecule has 0 N–H and O–H groups in total. The minimum Gasteiger partial charge on any atom is -0.871 e. The van der Waals surface area contributed by atoms with Crippen molar-refractivity contribution in [3.05, 3.63) is 41.7 Å². The van der Waals surface area contributed by atoms with Crippen molar-refractivity contribution in [2.45, 2.75) is 13.8 Å². The second kappa shape index (κ2) is 5.77. The minimum atomic E-state index is -0.569. The zero-order chi connectivity index (χ0) is 13.7. The number of hydrogen-bond donors (Lipinski definition) is 0. The molecule has 0 aromatic carbocycles. The fraction of sp³-hybridized carbons (Fsp3) is 0.154. The summed E-state index contributed by atoms with van der Waals surface area (Å²) in [4.78, 5) is 25.4. The van der Waals surface area contributed by atoms with Gasteiger partial charge in [0, 0.05) is 0 Å². The minimum absolute atomic E-state index is 0.00648. The van der Waals surface area contributed by atoms with E-state index in [9.17, 15) is 19.8 Å². The van der Waals surface area contributed by atoms with Gasteiger partial charge in [0.1, 0.15) is 0 Å². The van der Waals surface area contributed by atoms with E-state index in [0.29, 0.717) is 0 Å². The molecular weight excluding hydrogens is 234 g/mol. The third-order valence-electron chi connectivity index (χ3n) is 1.92. The highest BCUT2D eigenvalue weighted by Gasteiger charge is 1.98. The summed E-state index contributed by atoms with van der Waals surface area (Å²) in [6.07, 6.45) is 1.79. The van der Waals surface area contributed by atoms with Gasteiger partial charge in [0.05, 0.1) is 11.4 Å². The molecule has 0 saturated heterocycles. The lowest BCUT2D eigenvalue weighted by Gasteiger charge is -2.15. The monoisotopic (exact) mass is 245 g/mol. The summed E-state index contributed by atoms with van der Waals surface area (Å²) in [5, 5.41) is 23.0. The number of pyridine rings is 1. The van der Waals surface area contributed by atoms with E-state index in [1.165, 1.54) is 32.0 Å². The summed E-state index contributed by atoms with van der Waals surface area (Å²) in [7, 11) is 0. The maximum atomic E-state index is 11.5. The first-order valence-corrected chi connectivity index (χ1v) is 5.16. The number of carbonyl (C=O) groups is 2. The Labute approximate surface area is 104 Å². The van der Waals surface area contributed by atoms with E-state index in [2.05, 4.69) is 4.98 Å². The van der Waals surface area contributed by atoms with Crippen LogP contribution in [0.5, 0.6) is 0 Å². The molecule has 18 heavy (non-hydrogen) atoms. The van der Waals surface area contributed by atoms with Gasteiger partial charge in [-0.3, -0.25) is 14.6 Å². The summed E-state index contributed by atoms with van der Waals surface area (Å²) in [5.74, 6) is -1.93. The highest BCUT2D eigenvalue weighted by atomic mass is 16.3. The van der Waals surface area contributed by atoms with Gasteiger partial charge in [-0.15, -0.1) is 0 Å². The first kappa shape index (κ1) is 13.6. The van der Waals surface area contributed by atoms with Crippen LogP contribution >= 0.6 is 0 Å². The number of nitrogens with zero attached hydrogens (tertiary/aromatic N) is 1. The van der Waals surface area contributed by atoms with Crippen LogP contribution in [0.1, 0.15) is 25.2 Å². The average molecular weight is 245 g/mol. The molecule has 0 radical (unpaired) electrons. The zero-order valence-electron chi connectivity index (χ0n) is 9.97. The number of carbonyl (C=O) groups excluding carboxylic acids is 2. The molecule has 1 aromatic heterocycles. The number of allylic oxidation sites excluding steroid dienone is 2. The summed E-state index contributed by atoms with van der Waals surface area (Å²) in [6.45, 7) is 2.49. The molecule has 0 unspecified atom stereocenters. The van der Waals surface area contributed by atoms with Gasteiger partial charge in [-0.05, 0) is 38.1 Å². The van der Waals surface area contributed by atoms with Gasteiger partial charge < -0.3 is 10.2 Å². The van der Waals surface area contributed by atoms with Crippen LogP contribution in [0.15, 0.2) is 30.4 Å². The Balaban J connectivity index is 3.14. The van der Waals surface area contributed by atoms with Gasteiger partial charge in [0.2, 0.25) is 0 Å². The van der Waals surface area contributed by atoms with Gasteiger partial charge in [0.25, 0.3) is 0 Å². The van der Waals surface area contributed by atoms with E-state index >= 15 is 0 Å². The molecule has 0 amide bonds. The van der Waals surface area contributed by atoms with Gasteiger partial charge in [-0.1, -0.05) is 17.6 Å². The van der Waals surface area contributed by atoms with Crippen LogP contribution in [0.4, 0.5) is 0 Å². The van der Waals surface area contributed by atoms with Crippen molar-refractivity contribution in [2.75, 3.05) is 0 Å². The standard InChI is InChI=1S/C13H13NO4/c1-8(15)6-12(17)10-4-3-5-11(14-10)13(18)7-9(2)16/h3-7,17-18H,1-2H3/p-2/b12-6-,13-7-. The van der Waals surface area contributed by atoms with E-state index in [0.717, 1.165) is 12.2 Å². The molecule has 5 nitrogen and oxygen atoms in total. The van der Waals surface area contributed by atoms with Crippen LogP contribution in [0.2, 0.25) is 0 Å². The Bertz CT molecular complexity index is 498. The molecule has 0 fully saturated rings. The summed E-state index contributed by atoms with van der Waals surface area (Å²) in [5.41, 5.74) is -0.0130. The fourth-order valence-corrected chi connectivity index (χ4v) is 1.23. The normalized spacial score (nSPS) is 12.3. The van der Waals surface area contributed by atoms with Crippen molar-refractivity contribution >= 4 is 23.1 Å². The predicted molar refractivity (Wildman–Crippen MR) is 61.6 cm³/mol. The van der Waals surface area contributed by atoms with Crippen molar-refractivity contribution in [1.82, 2.24) is 4.98 Å². The molecule has 0 aliphatic heterocycles. The topological polar surface area (TPSA) is 93.1 Å². The Morgan fingerprint density at radius 1 is 1.00 bits per heavy atom. The summed E-state index contributed by atoms with van der Waals surface area (Å²) >= 11 is 0. The van der Waals surface area contributed by atoms with E-state index < -0.39 is 23.1 Å². The number of rotatable bonds is 4. The van der Waals surface area contributed by atoms with E-state index in [1.807, 2.05) is 0 Å². The molecule has 0 atom stereocenters. The molecule has 1 heterocycles. The fourth-order valence-electron chi connectivity index (χ4n) is 1.23. The predicted octanol–water partition coefficient (Wildman–Crippen LogP) is -0.338. The molecule has 0 aliphatic rings. The zero-order valence-corrected chi connectivity index (χ0v) is 9.97. The molecule has 94 valence electrons. The molecule has 5 heteroatoms. The quantitative estimate of drug-likeness (QED) is 0.534. The Kier molecular flexibility index (Phi) is 4.37. The van der Waals surface area contributed by atoms with Crippen molar-refractivity contribution in [3.8, 4) is 0 Å². The van der Waals surface area contributed by atoms with Crippen molar-refractivity contribution in [1.29, 1.82) is 0 Å². The van der Waals surface area contributed by atoms with Crippen molar-refractivity contribution in [3.63, 3.8) is 0 Å². The first-order valence-electron chi connectivity index (χ1n) is 5.16. The van der Waals surface area contributed by atoms with Crippen molar-refractivity contribution < 1.29 is 19.8 Å². The van der Waals surface area contributed by atoms with Crippen LogP contribution < -0.4 is 10.2 Å². The summed E-state index contributed by atoms with van der Waals surface area (Å²) in [6, 6.07) is 4.26. The third-order valence-corrected chi connectivity index (χ3v) is 1.92. The van der Waals surface area contributed by atoms with Crippen LogP contribution in [0.3, 0.4) is 0 Å². The summed E-state index contributed by atoms with van der Waals surface area (Å²) < 4.78 is 0. The second-order valence-electron chi connectivity index (χ2n) is 3.65. The number of ketones is 2. The van der Waals surface area contributed by atoms with Gasteiger partial charge in [0.15, 0.2) is 11.6 Å². The third kappa shape index (κ3) is 3.86. The van der Waals surface area contributed by atoms with E-state index in [4.69, 9.17) is 0 Å². The highest BCUT2D eigenvalue weighted by molar-refractivity contribution is 5.93. The van der Waals surface area contributed by atoms with Gasteiger partial charge >= 0.3 is 0 Å². The van der Waals surface area contributed by atoms with Crippen LogP contribution in [0.25, 0.3) is 11.5 Å². The molecular formula is C13H11NO4-2. The lowest BCUT2D eigenvalue weighted by molar-refractivity contribution is -0.245. The van der Waals surface area contributed by atoms with Crippen LogP contribution in [-0.2, 0) is 9.59 Å². The molecule has 0 spiro atoms. The Morgan fingerprint density at radius 2 is 1.39 bits per heavy atom. The molecule has 1 rings (SSSR count). The highest BCUT2D eigenvalue weighted by Crippen LogP contribution is 2.10. The smallest absolute Gasteiger partial charge is 0.152 e. The van der Waals surface area contributed by atoms with E-state index in [1.54, 1.807) is 0 Å². The van der Waals surface area contributed by atoms with Gasteiger partial charge in [-0.25, -0.2) is 0 Å². The van der Waals surface area contributed by atoms with Crippen LogP contribution in [0, 0.1) is 0 Å². The number of hydrogen-bond acceptors (Lipinski definition) is 5.